The van der Waals surface area contributed by atoms with E-state index in [-0.39, 0.29) is 0 Å². The molecule has 2 aromatic rings. The predicted octanol–water partition coefficient (Wildman–Crippen LogP) is 2.51. The van der Waals surface area contributed by atoms with Gasteiger partial charge in [0.25, 0.3) is 0 Å². The third kappa shape index (κ3) is 7.50. The number of likely N-dealkylation sites (N-methyl/N-ethyl adjacent to an activating group) is 2. The number of hydrogen-bond donors (Lipinski definition) is 0. The molecule has 0 spiro atoms. The van der Waals surface area contributed by atoms with Crippen molar-refractivity contribution in [3.05, 3.63) is 47.5 Å². The molecule has 10 nitrogen and oxygen atoms in total. The summed E-state index contributed by atoms with van der Waals surface area (Å²) in [7, 11) is 7.31. The van der Waals surface area contributed by atoms with Crippen molar-refractivity contribution in [2.75, 3.05) is 90.5 Å². The van der Waals surface area contributed by atoms with E-state index in [2.05, 4.69) is 33.7 Å². The van der Waals surface area contributed by atoms with Gasteiger partial charge in [-0.1, -0.05) is 0 Å². The van der Waals surface area contributed by atoms with E-state index >= 15 is 0 Å². The van der Waals surface area contributed by atoms with Gasteiger partial charge >= 0.3 is 0 Å². The summed E-state index contributed by atoms with van der Waals surface area (Å²) in [6, 6.07) is 15.4. The largest absolute Gasteiger partial charge is 0.496 e. The number of piperazine rings is 2. The van der Waals surface area contributed by atoms with E-state index < -0.39 is 11.8 Å². The monoisotopic (exact) mass is 546 g/mol. The summed E-state index contributed by atoms with van der Waals surface area (Å²) in [6.45, 7) is 7.82. The Morgan fingerprint density at radius 1 is 0.675 bits per heavy atom. The molecule has 0 saturated carbocycles. The number of hydrogen-bond acceptors (Lipinski definition) is 10. The summed E-state index contributed by atoms with van der Waals surface area (Å²) in [6.07, 6.45) is 1.32. The van der Waals surface area contributed by atoms with Crippen molar-refractivity contribution >= 4 is 23.9 Å². The predicted molar refractivity (Wildman–Crippen MR) is 154 cm³/mol. The molecule has 2 unspecified atom stereocenters. The molecule has 212 valence electrons. The summed E-state index contributed by atoms with van der Waals surface area (Å²) < 4.78 is 10.5. The number of nitriles is 2. The smallest absolute Gasteiger partial charge is 0.141 e. The topological polar surface area (TPSA) is 113 Å². The molecule has 0 amide bonds. The van der Waals surface area contributed by atoms with Gasteiger partial charge in [0, 0.05) is 74.9 Å². The highest BCUT2D eigenvalue weighted by molar-refractivity contribution is 5.71. The minimum Gasteiger partial charge on any atom is -0.496 e. The normalized spacial score (nSPS) is 17.4. The number of anilines is 2. The van der Waals surface area contributed by atoms with Crippen LogP contribution in [0.1, 0.15) is 23.0 Å². The van der Waals surface area contributed by atoms with Gasteiger partial charge in [0.2, 0.25) is 0 Å². The lowest BCUT2D eigenvalue weighted by Crippen LogP contribution is -2.44. The molecular weight excluding hydrogens is 508 g/mol. The van der Waals surface area contributed by atoms with Crippen LogP contribution in [0.3, 0.4) is 0 Å². The van der Waals surface area contributed by atoms with Gasteiger partial charge in [0.1, 0.15) is 35.9 Å². The molecule has 0 aliphatic carbocycles. The van der Waals surface area contributed by atoms with Crippen molar-refractivity contribution in [3.63, 3.8) is 0 Å². The van der Waals surface area contributed by atoms with Crippen molar-refractivity contribution in [1.82, 2.24) is 9.80 Å². The SMILES string of the molecule is COc1ccc(N2CCN(C)CC2)cc1C(C#N)C=O.COc1ccc(N2CCN(C)CC2)cc1C(C#N)C=O. The molecule has 0 N–H and O–H groups in total. The minimum atomic E-state index is -0.780. The van der Waals surface area contributed by atoms with Gasteiger partial charge in [-0.25, -0.2) is 0 Å². The van der Waals surface area contributed by atoms with Crippen LogP contribution in [0.15, 0.2) is 36.4 Å². The molecular formula is C30H38N6O4. The second-order valence-corrected chi connectivity index (χ2v) is 9.92. The molecule has 2 aliphatic rings. The van der Waals surface area contributed by atoms with E-state index in [1.165, 1.54) is 0 Å². The third-order valence-corrected chi connectivity index (χ3v) is 7.38. The lowest BCUT2D eigenvalue weighted by molar-refractivity contribution is -0.108. The van der Waals surface area contributed by atoms with Crippen molar-refractivity contribution in [3.8, 4) is 23.6 Å². The number of benzene rings is 2. The van der Waals surface area contributed by atoms with E-state index in [4.69, 9.17) is 20.0 Å². The van der Waals surface area contributed by atoms with E-state index in [0.717, 1.165) is 63.7 Å². The minimum absolute atomic E-state index is 0.585. The number of nitrogens with zero attached hydrogens (tertiary/aromatic N) is 6. The Hall–Kier alpha value is -4.12. The molecule has 40 heavy (non-hydrogen) atoms. The zero-order valence-corrected chi connectivity index (χ0v) is 23.7. The second-order valence-electron chi connectivity index (χ2n) is 9.92. The second kappa shape index (κ2) is 14.9. The summed E-state index contributed by atoms with van der Waals surface area (Å²) in [5.74, 6) is -0.391. The Morgan fingerprint density at radius 2 is 1.02 bits per heavy atom. The van der Waals surface area contributed by atoms with Gasteiger partial charge in [0.05, 0.1) is 26.4 Å². The molecule has 2 saturated heterocycles. The molecule has 2 aromatic carbocycles. The van der Waals surface area contributed by atoms with Crippen LogP contribution in [-0.2, 0) is 9.59 Å². The fraction of sp³-hybridized carbons (Fsp3) is 0.467. The first kappa shape index (κ1) is 30.4. The molecule has 2 aliphatic heterocycles. The van der Waals surface area contributed by atoms with Crippen LogP contribution in [0.2, 0.25) is 0 Å². The Morgan fingerprint density at radius 3 is 1.30 bits per heavy atom. The van der Waals surface area contributed by atoms with E-state index in [1.54, 1.807) is 14.2 Å². The number of methoxy groups -OCH3 is 2. The van der Waals surface area contributed by atoms with Gasteiger partial charge in [-0.3, -0.25) is 0 Å². The molecule has 2 fully saturated rings. The first-order valence-electron chi connectivity index (χ1n) is 13.3. The highest BCUT2D eigenvalue weighted by Gasteiger charge is 2.21. The quantitative estimate of drug-likeness (QED) is 0.458. The van der Waals surface area contributed by atoms with Crippen LogP contribution in [0.4, 0.5) is 11.4 Å². The van der Waals surface area contributed by atoms with Crippen molar-refractivity contribution < 1.29 is 19.1 Å². The highest BCUT2D eigenvalue weighted by Crippen LogP contribution is 2.31. The first-order chi connectivity index (χ1) is 19.4. The van der Waals surface area contributed by atoms with Crippen LogP contribution >= 0.6 is 0 Å². The summed E-state index contributed by atoms with van der Waals surface area (Å²) >= 11 is 0. The third-order valence-electron chi connectivity index (χ3n) is 7.38. The van der Waals surface area contributed by atoms with Gasteiger partial charge in [-0.15, -0.1) is 0 Å². The molecule has 0 radical (unpaired) electrons. The lowest BCUT2D eigenvalue weighted by Gasteiger charge is -2.34. The van der Waals surface area contributed by atoms with Crippen molar-refractivity contribution in [2.45, 2.75) is 11.8 Å². The molecule has 10 heteroatoms. The maximum absolute atomic E-state index is 11.0. The van der Waals surface area contributed by atoms with Crippen LogP contribution in [0.5, 0.6) is 11.5 Å². The number of carbonyl (C=O) groups is 2. The fourth-order valence-corrected chi connectivity index (χ4v) is 4.80. The van der Waals surface area contributed by atoms with E-state index in [9.17, 15) is 9.59 Å². The van der Waals surface area contributed by atoms with Crippen LogP contribution < -0.4 is 19.3 Å². The van der Waals surface area contributed by atoms with Gasteiger partial charge < -0.3 is 38.7 Å². The molecule has 0 bridgehead atoms. The molecule has 4 rings (SSSR count). The van der Waals surface area contributed by atoms with E-state index in [1.807, 2.05) is 48.5 Å². The number of ether oxygens (including phenoxy) is 2. The summed E-state index contributed by atoms with van der Waals surface area (Å²) in [5, 5.41) is 18.2. The van der Waals surface area contributed by atoms with Crippen LogP contribution in [0, 0.1) is 22.7 Å². The maximum atomic E-state index is 11.0. The Kier molecular flexibility index (Phi) is 11.3. The Balaban J connectivity index is 0.000000220. The number of carbonyl (C=O) groups excluding carboxylic acids is 2. The molecule has 0 aromatic heterocycles. The zero-order chi connectivity index (χ0) is 29.1. The molecule has 2 heterocycles. The standard InChI is InChI=1S/2C15H19N3O2/c2*1-17-5-7-18(8-6-17)13-3-4-15(20-2)14(9-13)12(10-16)11-19/h2*3-4,9,11-12H,5-8H2,1-2H3. The van der Waals surface area contributed by atoms with Gasteiger partial charge in [-0.2, -0.15) is 10.5 Å². The van der Waals surface area contributed by atoms with Crippen molar-refractivity contribution in [2.24, 2.45) is 0 Å². The van der Waals surface area contributed by atoms with E-state index in [0.29, 0.717) is 35.2 Å². The first-order valence-corrected chi connectivity index (χ1v) is 13.3. The van der Waals surface area contributed by atoms with Gasteiger partial charge in [0.15, 0.2) is 0 Å². The van der Waals surface area contributed by atoms with Crippen LogP contribution in [-0.4, -0.2) is 103 Å². The van der Waals surface area contributed by atoms with Crippen molar-refractivity contribution in [1.29, 1.82) is 10.5 Å². The fourth-order valence-electron chi connectivity index (χ4n) is 4.80. The Bertz CT molecular complexity index is 1130. The van der Waals surface area contributed by atoms with Crippen LogP contribution in [0.25, 0.3) is 0 Å². The van der Waals surface area contributed by atoms with Gasteiger partial charge in [-0.05, 0) is 50.5 Å². The average molecular weight is 547 g/mol. The lowest BCUT2D eigenvalue weighted by atomic mass is 10.00. The maximum Gasteiger partial charge on any atom is 0.141 e. The average Bonchev–Trinajstić information content (AvgIpc) is 2.99. The molecule has 2 atom stereocenters. The zero-order valence-electron chi connectivity index (χ0n) is 23.7. The summed E-state index contributed by atoms with van der Waals surface area (Å²) in [4.78, 5) is 31.2. The number of rotatable bonds is 8. The Labute approximate surface area is 236 Å². The summed E-state index contributed by atoms with van der Waals surface area (Å²) in [5.41, 5.74) is 3.36. The highest BCUT2D eigenvalue weighted by atomic mass is 16.5. The number of aldehydes is 2.